The van der Waals surface area contributed by atoms with E-state index in [1.807, 2.05) is 0 Å². The Kier molecular flexibility index (Phi) is 7.76. The van der Waals surface area contributed by atoms with Gasteiger partial charge in [-0.3, -0.25) is 4.90 Å². The van der Waals surface area contributed by atoms with Crippen LogP contribution < -0.4 is 5.32 Å². The van der Waals surface area contributed by atoms with Gasteiger partial charge in [-0.1, -0.05) is 51.1 Å². The van der Waals surface area contributed by atoms with E-state index in [1.54, 1.807) is 0 Å². The van der Waals surface area contributed by atoms with Crippen LogP contribution in [0.1, 0.15) is 46.1 Å². The first-order valence-corrected chi connectivity index (χ1v) is 7.72. The molecule has 0 fully saturated rings. The molecule has 108 valence electrons. The molecule has 0 radical (unpaired) electrons. The average molecular weight is 262 g/mol. The second-order valence-corrected chi connectivity index (χ2v) is 5.32. The van der Waals surface area contributed by atoms with Crippen molar-refractivity contribution < 1.29 is 0 Å². The van der Waals surface area contributed by atoms with E-state index in [4.69, 9.17) is 0 Å². The van der Waals surface area contributed by atoms with Crippen LogP contribution in [-0.2, 0) is 6.54 Å². The molecule has 0 amide bonds. The Hall–Kier alpha value is -0.860. The van der Waals surface area contributed by atoms with E-state index in [0.29, 0.717) is 12.1 Å². The summed E-state index contributed by atoms with van der Waals surface area (Å²) in [6.07, 6.45) is 2.43. The molecule has 2 heteroatoms. The quantitative estimate of drug-likeness (QED) is 0.730. The highest BCUT2D eigenvalue weighted by molar-refractivity contribution is 5.14. The zero-order chi connectivity index (χ0) is 14.1. The highest BCUT2D eigenvalue weighted by Crippen LogP contribution is 2.08. The molecule has 19 heavy (non-hydrogen) atoms. The molecule has 0 saturated heterocycles. The minimum atomic E-state index is 0.575. The minimum absolute atomic E-state index is 0.575. The highest BCUT2D eigenvalue weighted by atomic mass is 15.2. The molecule has 1 unspecified atom stereocenters. The van der Waals surface area contributed by atoms with Crippen LogP contribution >= 0.6 is 0 Å². The standard InChI is InChI=1S/C17H30N2/c1-5-17(6-2)18-13-15(4)19(7-3)14-16-11-9-8-10-12-16/h8-12,15,17-18H,5-7,13-14H2,1-4H3. The van der Waals surface area contributed by atoms with Crippen LogP contribution in [0.5, 0.6) is 0 Å². The lowest BCUT2D eigenvalue weighted by Gasteiger charge is -2.29. The lowest BCUT2D eigenvalue weighted by molar-refractivity contribution is 0.201. The van der Waals surface area contributed by atoms with E-state index in [0.717, 1.165) is 19.6 Å². The van der Waals surface area contributed by atoms with Gasteiger partial charge in [-0.25, -0.2) is 0 Å². The Bertz CT molecular complexity index is 319. The van der Waals surface area contributed by atoms with Gasteiger partial charge in [0.25, 0.3) is 0 Å². The summed E-state index contributed by atoms with van der Waals surface area (Å²) in [4.78, 5) is 2.53. The molecule has 0 heterocycles. The van der Waals surface area contributed by atoms with E-state index in [-0.39, 0.29) is 0 Å². The van der Waals surface area contributed by atoms with Gasteiger partial charge in [-0.15, -0.1) is 0 Å². The molecular weight excluding hydrogens is 232 g/mol. The summed E-state index contributed by atoms with van der Waals surface area (Å²) >= 11 is 0. The van der Waals surface area contributed by atoms with Crippen molar-refractivity contribution >= 4 is 0 Å². The van der Waals surface area contributed by atoms with E-state index in [2.05, 4.69) is 68.2 Å². The first kappa shape index (κ1) is 16.2. The number of hydrogen-bond acceptors (Lipinski definition) is 2. The van der Waals surface area contributed by atoms with Gasteiger partial charge in [0.2, 0.25) is 0 Å². The van der Waals surface area contributed by atoms with Crippen molar-refractivity contribution in [1.82, 2.24) is 10.2 Å². The van der Waals surface area contributed by atoms with Crippen LogP contribution in [0.25, 0.3) is 0 Å². The third-order valence-electron chi connectivity index (χ3n) is 3.95. The molecule has 1 aromatic rings. The fraction of sp³-hybridized carbons (Fsp3) is 0.647. The summed E-state index contributed by atoms with van der Waals surface area (Å²) in [5.74, 6) is 0. The predicted molar refractivity (Wildman–Crippen MR) is 84.4 cm³/mol. The van der Waals surface area contributed by atoms with E-state index in [1.165, 1.54) is 18.4 Å². The minimum Gasteiger partial charge on any atom is -0.312 e. The lowest BCUT2D eigenvalue weighted by Crippen LogP contribution is -2.42. The first-order valence-electron chi connectivity index (χ1n) is 7.72. The van der Waals surface area contributed by atoms with E-state index >= 15 is 0 Å². The molecule has 0 saturated carbocycles. The Morgan fingerprint density at radius 2 is 1.68 bits per heavy atom. The molecular formula is C17H30N2. The molecule has 1 aromatic carbocycles. The molecule has 0 aliphatic heterocycles. The smallest absolute Gasteiger partial charge is 0.0236 e. The topological polar surface area (TPSA) is 15.3 Å². The molecule has 0 spiro atoms. The summed E-state index contributed by atoms with van der Waals surface area (Å²) in [6.45, 7) is 12.3. The van der Waals surface area contributed by atoms with Crippen molar-refractivity contribution in [3.05, 3.63) is 35.9 Å². The maximum atomic E-state index is 3.68. The SMILES string of the molecule is CCC(CC)NCC(C)N(CC)Cc1ccccc1. The number of nitrogens with zero attached hydrogens (tertiary/aromatic N) is 1. The second kappa shape index (κ2) is 9.11. The van der Waals surface area contributed by atoms with Crippen LogP contribution in [0.3, 0.4) is 0 Å². The Labute approximate surface area is 119 Å². The van der Waals surface area contributed by atoms with Crippen LogP contribution in [-0.4, -0.2) is 30.1 Å². The van der Waals surface area contributed by atoms with E-state index in [9.17, 15) is 0 Å². The van der Waals surface area contributed by atoms with Gasteiger partial charge < -0.3 is 5.32 Å². The Morgan fingerprint density at radius 3 is 2.21 bits per heavy atom. The summed E-state index contributed by atoms with van der Waals surface area (Å²) in [5, 5.41) is 3.68. The molecule has 1 atom stereocenters. The summed E-state index contributed by atoms with van der Waals surface area (Å²) in [5.41, 5.74) is 1.40. The van der Waals surface area contributed by atoms with Gasteiger partial charge in [0.15, 0.2) is 0 Å². The van der Waals surface area contributed by atoms with Crippen molar-refractivity contribution in [2.24, 2.45) is 0 Å². The van der Waals surface area contributed by atoms with Crippen molar-refractivity contribution in [3.63, 3.8) is 0 Å². The zero-order valence-electron chi connectivity index (χ0n) is 13.0. The molecule has 0 aromatic heterocycles. The maximum absolute atomic E-state index is 3.68. The van der Waals surface area contributed by atoms with Crippen molar-refractivity contribution in [2.45, 2.75) is 59.2 Å². The third kappa shape index (κ3) is 5.75. The van der Waals surface area contributed by atoms with E-state index < -0.39 is 0 Å². The first-order chi connectivity index (χ1) is 9.21. The maximum Gasteiger partial charge on any atom is 0.0236 e. The van der Waals surface area contributed by atoms with Crippen LogP contribution in [0.2, 0.25) is 0 Å². The molecule has 0 aliphatic rings. The zero-order valence-corrected chi connectivity index (χ0v) is 13.0. The van der Waals surface area contributed by atoms with Gasteiger partial charge in [-0.05, 0) is 31.9 Å². The highest BCUT2D eigenvalue weighted by Gasteiger charge is 2.13. The second-order valence-electron chi connectivity index (χ2n) is 5.32. The van der Waals surface area contributed by atoms with Crippen LogP contribution in [0.15, 0.2) is 30.3 Å². The van der Waals surface area contributed by atoms with Crippen molar-refractivity contribution in [1.29, 1.82) is 0 Å². The number of nitrogens with one attached hydrogen (secondary N) is 1. The fourth-order valence-electron chi connectivity index (χ4n) is 2.44. The molecule has 1 N–H and O–H groups in total. The Balaban J connectivity index is 2.45. The number of rotatable bonds is 9. The molecule has 0 bridgehead atoms. The lowest BCUT2D eigenvalue weighted by atomic mass is 10.1. The van der Waals surface area contributed by atoms with Crippen molar-refractivity contribution in [3.8, 4) is 0 Å². The van der Waals surface area contributed by atoms with Gasteiger partial charge in [0.05, 0.1) is 0 Å². The van der Waals surface area contributed by atoms with Crippen LogP contribution in [0.4, 0.5) is 0 Å². The average Bonchev–Trinajstić information content (AvgIpc) is 2.46. The number of hydrogen-bond donors (Lipinski definition) is 1. The Morgan fingerprint density at radius 1 is 1.05 bits per heavy atom. The molecule has 0 aliphatic carbocycles. The fourth-order valence-corrected chi connectivity index (χ4v) is 2.44. The molecule has 2 nitrogen and oxygen atoms in total. The van der Waals surface area contributed by atoms with Gasteiger partial charge in [-0.2, -0.15) is 0 Å². The van der Waals surface area contributed by atoms with Gasteiger partial charge in [0, 0.05) is 25.2 Å². The van der Waals surface area contributed by atoms with Gasteiger partial charge in [0.1, 0.15) is 0 Å². The summed E-state index contributed by atoms with van der Waals surface area (Å²) in [7, 11) is 0. The summed E-state index contributed by atoms with van der Waals surface area (Å²) in [6, 6.07) is 12.0. The third-order valence-corrected chi connectivity index (χ3v) is 3.95. The van der Waals surface area contributed by atoms with Crippen molar-refractivity contribution in [2.75, 3.05) is 13.1 Å². The number of likely N-dealkylation sites (N-methyl/N-ethyl adjacent to an activating group) is 1. The predicted octanol–water partition coefficient (Wildman–Crippen LogP) is 3.68. The largest absolute Gasteiger partial charge is 0.312 e. The van der Waals surface area contributed by atoms with Crippen LogP contribution in [0, 0.1) is 0 Å². The van der Waals surface area contributed by atoms with Gasteiger partial charge >= 0.3 is 0 Å². The number of benzene rings is 1. The molecule has 1 rings (SSSR count). The summed E-state index contributed by atoms with van der Waals surface area (Å²) < 4.78 is 0. The normalized spacial score (nSPS) is 13.2. The monoisotopic (exact) mass is 262 g/mol.